The molecule has 186 valence electrons. The number of carbonyl (C=O) groups is 2. The topological polar surface area (TPSA) is 96.9 Å². The van der Waals surface area contributed by atoms with Crippen LogP contribution in [-0.2, 0) is 16.9 Å². The van der Waals surface area contributed by atoms with Crippen molar-refractivity contribution in [3.05, 3.63) is 122 Å². The first-order valence-electron chi connectivity index (χ1n) is 11.9. The van der Waals surface area contributed by atoms with E-state index in [0.29, 0.717) is 27.6 Å². The summed E-state index contributed by atoms with van der Waals surface area (Å²) in [5, 5.41) is 4.84. The van der Waals surface area contributed by atoms with Crippen LogP contribution in [0.15, 0.2) is 92.6 Å². The minimum atomic E-state index is -1.85. The maximum Gasteiger partial charge on any atom is 0.297 e. The number of para-hydroxylation sites is 2. The summed E-state index contributed by atoms with van der Waals surface area (Å²) in [5.74, 6) is -0.801. The second kappa shape index (κ2) is 7.90. The molecule has 0 saturated carbocycles. The lowest BCUT2D eigenvalue weighted by Crippen LogP contribution is -2.53. The van der Waals surface area contributed by atoms with Gasteiger partial charge in [0.25, 0.3) is 11.8 Å². The largest absolute Gasteiger partial charge is 0.450 e. The Kier molecular flexibility index (Phi) is 4.68. The summed E-state index contributed by atoms with van der Waals surface area (Å²) in [6.07, 6.45) is 0. The van der Waals surface area contributed by atoms with Crippen LogP contribution in [0.5, 0.6) is 0 Å². The van der Waals surface area contributed by atoms with Gasteiger partial charge in [-0.1, -0.05) is 65.3 Å². The predicted octanol–water partition coefficient (Wildman–Crippen LogP) is 5.19. The van der Waals surface area contributed by atoms with Gasteiger partial charge in [0.2, 0.25) is 5.76 Å². The molecule has 0 N–H and O–H groups in total. The molecule has 3 aromatic carbocycles. The Morgan fingerprint density at radius 2 is 1.68 bits per heavy atom. The van der Waals surface area contributed by atoms with E-state index in [4.69, 9.17) is 20.5 Å². The monoisotopic (exact) mass is 523 g/mol. The maximum atomic E-state index is 14.7. The van der Waals surface area contributed by atoms with Crippen molar-refractivity contribution in [1.29, 1.82) is 0 Å². The predicted molar refractivity (Wildman–Crippen MR) is 140 cm³/mol. The second-order valence-corrected chi connectivity index (χ2v) is 9.69. The van der Waals surface area contributed by atoms with Gasteiger partial charge >= 0.3 is 0 Å². The molecule has 0 aliphatic carbocycles. The molecule has 2 aromatic heterocycles. The molecule has 7 rings (SSSR count). The minimum absolute atomic E-state index is 0.0408. The van der Waals surface area contributed by atoms with E-state index in [2.05, 4.69) is 5.16 Å². The molecular formula is C29H18ClN3O5. The van der Waals surface area contributed by atoms with Gasteiger partial charge in [-0.2, -0.15) is 0 Å². The van der Waals surface area contributed by atoms with Crippen LogP contribution >= 0.6 is 11.6 Å². The van der Waals surface area contributed by atoms with Gasteiger partial charge in [0.1, 0.15) is 11.3 Å². The molecule has 2 aliphatic heterocycles. The molecule has 0 bridgehead atoms. The van der Waals surface area contributed by atoms with Gasteiger partial charge in [0.05, 0.1) is 23.2 Å². The highest BCUT2D eigenvalue weighted by Crippen LogP contribution is 2.54. The maximum absolute atomic E-state index is 14.7. The van der Waals surface area contributed by atoms with E-state index in [0.717, 1.165) is 0 Å². The summed E-state index contributed by atoms with van der Waals surface area (Å²) in [5.41, 5.74) is -0.360. The normalized spacial score (nSPS) is 18.1. The summed E-state index contributed by atoms with van der Waals surface area (Å²) in [6, 6.07) is 22.6. The zero-order valence-electron chi connectivity index (χ0n) is 20.0. The van der Waals surface area contributed by atoms with Crippen LogP contribution in [0.25, 0.3) is 11.0 Å². The van der Waals surface area contributed by atoms with E-state index in [1.54, 1.807) is 72.5 Å². The molecule has 4 heterocycles. The van der Waals surface area contributed by atoms with E-state index in [-0.39, 0.29) is 34.7 Å². The minimum Gasteiger partial charge on any atom is -0.450 e. The first kappa shape index (κ1) is 22.5. The van der Waals surface area contributed by atoms with E-state index >= 15 is 0 Å². The van der Waals surface area contributed by atoms with Gasteiger partial charge in [-0.15, -0.1) is 0 Å². The molecule has 9 heteroatoms. The Bertz CT molecular complexity index is 1880. The van der Waals surface area contributed by atoms with Crippen molar-refractivity contribution in [2.24, 2.45) is 0 Å². The average molecular weight is 524 g/mol. The number of rotatable bonds is 3. The molecule has 1 spiro atoms. The molecule has 2 amide bonds. The third-order valence-electron chi connectivity index (χ3n) is 7.16. The summed E-state index contributed by atoms with van der Waals surface area (Å²) in [4.78, 5) is 45.7. The van der Waals surface area contributed by atoms with Crippen LogP contribution in [0.4, 0.5) is 11.5 Å². The van der Waals surface area contributed by atoms with E-state index < -0.39 is 22.8 Å². The molecule has 1 atom stereocenters. The fourth-order valence-corrected chi connectivity index (χ4v) is 5.76. The zero-order valence-corrected chi connectivity index (χ0v) is 20.7. The van der Waals surface area contributed by atoms with Crippen molar-refractivity contribution < 1.29 is 18.5 Å². The molecule has 0 fully saturated rings. The highest BCUT2D eigenvalue weighted by molar-refractivity contribution is 6.31. The third-order valence-corrected chi connectivity index (χ3v) is 7.53. The molecular weight excluding hydrogens is 506 g/mol. The van der Waals surface area contributed by atoms with Gasteiger partial charge in [0, 0.05) is 16.7 Å². The van der Waals surface area contributed by atoms with Crippen molar-refractivity contribution in [3.8, 4) is 0 Å². The Morgan fingerprint density at radius 1 is 0.947 bits per heavy atom. The van der Waals surface area contributed by atoms with Gasteiger partial charge < -0.3 is 13.8 Å². The number of aryl methyl sites for hydroxylation is 1. The summed E-state index contributed by atoms with van der Waals surface area (Å²) >= 11 is 6.46. The van der Waals surface area contributed by atoms with Crippen LogP contribution in [0, 0.1) is 6.92 Å². The van der Waals surface area contributed by atoms with Gasteiger partial charge in [-0.25, -0.2) is 0 Å². The lowest BCUT2D eigenvalue weighted by Gasteiger charge is -2.32. The lowest BCUT2D eigenvalue weighted by molar-refractivity contribution is -0.121. The van der Waals surface area contributed by atoms with Crippen LogP contribution in [0.3, 0.4) is 0 Å². The Hall–Kier alpha value is -4.69. The van der Waals surface area contributed by atoms with Gasteiger partial charge in [-0.05, 0) is 36.8 Å². The molecule has 1 unspecified atom stereocenters. The smallest absolute Gasteiger partial charge is 0.297 e. The van der Waals surface area contributed by atoms with E-state index in [1.165, 1.54) is 4.90 Å². The highest BCUT2D eigenvalue weighted by atomic mass is 35.5. The highest BCUT2D eigenvalue weighted by Gasteiger charge is 2.66. The van der Waals surface area contributed by atoms with Gasteiger partial charge in [0.15, 0.2) is 16.8 Å². The van der Waals surface area contributed by atoms with Crippen molar-refractivity contribution in [3.63, 3.8) is 0 Å². The number of hydrogen-bond acceptors (Lipinski definition) is 6. The number of hydrogen-bond donors (Lipinski definition) is 0. The van der Waals surface area contributed by atoms with Crippen molar-refractivity contribution in [2.45, 2.75) is 19.0 Å². The quantitative estimate of drug-likeness (QED) is 0.323. The number of nitrogens with zero attached hydrogens (tertiary/aromatic N) is 3. The number of carbonyl (C=O) groups excluding carboxylic acids is 2. The van der Waals surface area contributed by atoms with Crippen molar-refractivity contribution in [1.82, 2.24) is 5.16 Å². The van der Waals surface area contributed by atoms with Crippen LogP contribution in [0.1, 0.15) is 33.0 Å². The summed E-state index contributed by atoms with van der Waals surface area (Å²) < 4.78 is 11.3. The fourth-order valence-electron chi connectivity index (χ4n) is 5.57. The number of fused-ring (bicyclic) bond motifs is 5. The number of halogens is 1. The van der Waals surface area contributed by atoms with Crippen LogP contribution < -0.4 is 15.2 Å². The average Bonchev–Trinajstić information content (AvgIpc) is 3.54. The lowest BCUT2D eigenvalue weighted by atomic mass is 9.84. The number of aromatic nitrogens is 1. The second-order valence-electron chi connectivity index (χ2n) is 9.28. The number of amides is 2. The molecule has 2 aliphatic rings. The third kappa shape index (κ3) is 2.80. The van der Waals surface area contributed by atoms with E-state index in [1.807, 2.05) is 18.2 Å². The molecule has 38 heavy (non-hydrogen) atoms. The molecule has 8 nitrogen and oxygen atoms in total. The standard InChI is InChI=1S/C29H18ClN3O5/c1-16-14-23(31-38-16)33-27(35)26-24(25(34)18-9-3-7-13-22(18)37-26)29(33)19-10-4-6-12-21(19)32(28(29)36)15-17-8-2-5-11-20(17)30/h2-14H,15H2,1H3. The number of anilines is 2. The molecule has 0 saturated heterocycles. The Labute approximate surface area is 220 Å². The SMILES string of the molecule is Cc1cc(N2C(=O)c3oc4ccccc4c(=O)c3C23C(=O)N(Cc2ccccc2Cl)c2ccccc23)no1. The first-order chi connectivity index (χ1) is 18.4. The first-order valence-corrected chi connectivity index (χ1v) is 12.3. The summed E-state index contributed by atoms with van der Waals surface area (Å²) in [7, 11) is 0. The molecule has 0 radical (unpaired) electrons. The summed E-state index contributed by atoms with van der Waals surface area (Å²) in [6.45, 7) is 1.81. The fraction of sp³-hybridized carbons (Fsp3) is 0.103. The van der Waals surface area contributed by atoms with Crippen LogP contribution in [0.2, 0.25) is 5.02 Å². The zero-order chi connectivity index (χ0) is 26.2. The Balaban J connectivity index is 1.57. The van der Waals surface area contributed by atoms with Gasteiger partial charge in [-0.3, -0.25) is 19.3 Å². The molecule has 5 aromatic rings. The van der Waals surface area contributed by atoms with Crippen LogP contribution in [-0.4, -0.2) is 17.0 Å². The van der Waals surface area contributed by atoms with E-state index in [9.17, 15) is 14.4 Å². The Morgan fingerprint density at radius 3 is 2.47 bits per heavy atom. The van der Waals surface area contributed by atoms with Crippen molar-refractivity contribution in [2.75, 3.05) is 9.80 Å². The number of benzene rings is 3. The van der Waals surface area contributed by atoms with Crippen molar-refractivity contribution >= 4 is 45.9 Å².